The number of hydrogen-bond acceptors (Lipinski definition) is 5. The number of nitrogens with one attached hydrogen (secondary N) is 3. The maximum Gasteiger partial charge on any atom is 0.129 e. The Morgan fingerprint density at radius 2 is 2.22 bits per heavy atom. The van der Waals surface area contributed by atoms with E-state index < -0.39 is 0 Å². The summed E-state index contributed by atoms with van der Waals surface area (Å²) in [5.41, 5.74) is 1.24. The van der Waals surface area contributed by atoms with Gasteiger partial charge in [-0.15, -0.1) is 0 Å². The van der Waals surface area contributed by atoms with Crippen LogP contribution >= 0.6 is 0 Å². The van der Waals surface area contributed by atoms with E-state index in [1.807, 2.05) is 13.1 Å². The van der Waals surface area contributed by atoms with Gasteiger partial charge in [0.15, 0.2) is 0 Å². The van der Waals surface area contributed by atoms with Crippen LogP contribution in [0.1, 0.15) is 38.8 Å². The van der Waals surface area contributed by atoms with Crippen molar-refractivity contribution in [1.29, 1.82) is 5.41 Å². The van der Waals surface area contributed by atoms with Gasteiger partial charge in [-0.25, -0.2) is 9.97 Å². The molecule has 18 heavy (non-hydrogen) atoms. The second-order valence-electron chi connectivity index (χ2n) is 4.44. The Labute approximate surface area is 109 Å². The van der Waals surface area contributed by atoms with Crippen LogP contribution < -0.4 is 10.6 Å². The lowest BCUT2D eigenvalue weighted by atomic mass is 10.1. The van der Waals surface area contributed by atoms with Crippen LogP contribution in [0.25, 0.3) is 0 Å². The van der Waals surface area contributed by atoms with Crippen molar-refractivity contribution >= 4 is 11.5 Å². The maximum atomic E-state index is 8.02. The van der Waals surface area contributed by atoms with Gasteiger partial charge >= 0.3 is 0 Å². The lowest BCUT2D eigenvalue weighted by Crippen LogP contribution is -2.25. The van der Waals surface area contributed by atoms with E-state index in [9.17, 15) is 0 Å². The largest absolute Gasteiger partial charge is 0.370 e. The Kier molecular flexibility index (Phi) is 6.28. The monoisotopic (exact) mass is 249 g/mol. The van der Waals surface area contributed by atoms with Crippen molar-refractivity contribution in [2.24, 2.45) is 0 Å². The van der Waals surface area contributed by atoms with Crippen molar-refractivity contribution in [2.75, 3.05) is 18.9 Å². The van der Waals surface area contributed by atoms with Crippen LogP contribution in [0.3, 0.4) is 0 Å². The molecule has 0 aliphatic rings. The molecule has 0 radical (unpaired) electrons. The molecular formula is C13H23N5. The fourth-order valence-electron chi connectivity index (χ4n) is 1.53. The van der Waals surface area contributed by atoms with E-state index in [-0.39, 0.29) is 6.04 Å². The van der Waals surface area contributed by atoms with Gasteiger partial charge < -0.3 is 16.0 Å². The van der Waals surface area contributed by atoms with Crippen molar-refractivity contribution in [2.45, 2.75) is 39.2 Å². The molecule has 0 bridgehead atoms. The van der Waals surface area contributed by atoms with Gasteiger partial charge in [0.1, 0.15) is 12.1 Å². The fraction of sp³-hybridized carbons (Fsp3) is 0.615. The van der Waals surface area contributed by atoms with Crippen molar-refractivity contribution in [3.63, 3.8) is 0 Å². The van der Waals surface area contributed by atoms with Crippen LogP contribution in [0, 0.1) is 5.41 Å². The highest BCUT2D eigenvalue weighted by atomic mass is 15.0. The predicted molar refractivity (Wildman–Crippen MR) is 75.4 cm³/mol. The second-order valence-corrected chi connectivity index (χ2v) is 4.44. The minimum Gasteiger partial charge on any atom is -0.370 e. The van der Waals surface area contributed by atoms with Crippen molar-refractivity contribution in [3.05, 3.63) is 18.1 Å². The number of nitrogens with zero attached hydrogens (tertiary/aromatic N) is 2. The molecule has 0 fully saturated rings. The molecule has 0 spiro atoms. The van der Waals surface area contributed by atoms with Gasteiger partial charge in [-0.05, 0) is 20.4 Å². The number of rotatable bonds is 8. The number of hydrogen-bond donors (Lipinski definition) is 3. The zero-order valence-corrected chi connectivity index (χ0v) is 11.5. The molecule has 0 saturated carbocycles. The summed E-state index contributed by atoms with van der Waals surface area (Å²) >= 11 is 0. The minimum atomic E-state index is 0.281. The van der Waals surface area contributed by atoms with Crippen LogP contribution in [0.5, 0.6) is 0 Å². The smallest absolute Gasteiger partial charge is 0.129 e. The highest BCUT2D eigenvalue weighted by Crippen LogP contribution is 2.08. The molecule has 0 aliphatic carbocycles. The van der Waals surface area contributed by atoms with E-state index in [4.69, 9.17) is 5.41 Å². The molecule has 0 amide bonds. The molecule has 1 aromatic heterocycles. The molecule has 0 aliphatic heterocycles. The van der Waals surface area contributed by atoms with Crippen LogP contribution in [0.4, 0.5) is 5.82 Å². The highest BCUT2D eigenvalue weighted by Gasteiger charge is 2.08. The van der Waals surface area contributed by atoms with E-state index in [0.29, 0.717) is 17.8 Å². The van der Waals surface area contributed by atoms with Gasteiger partial charge in [0.05, 0.1) is 11.4 Å². The first kappa shape index (κ1) is 14.6. The average molecular weight is 249 g/mol. The highest BCUT2D eigenvalue weighted by molar-refractivity contribution is 5.97. The van der Waals surface area contributed by atoms with Crippen molar-refractivity contribution in [3.8, 4) is 0 Å². The summed E-state index contributed by atoms with van der Waals surface area (Å²) in [5, 5.41) is 14.4. The molecular weight excluding hydrogens is 226 g/mol. The minimum absolute atomic E-state index is 0.281. The molecule has 1 aromatic rings. The molecule has 1 atom stereocenters. The van der Waals surface area contributed by atoms with Gasteiger partial charge in [-0.1, -0.05) is 13.3 Å². The molecule has 1 heterocycles. The fourth-order valence-corrected chi connectivity index (χ4v) is 1.53. The van der Waals surface area contributed by atoms with Gasteiger partial charge in [0, 0.05) is 25.1 Å². The summed E-state index contributed by atoms with van der Waals surface area (Å²) in [7, 11) is 1.90. The van der Waals surface area contributed by atoms with Crippen LogP contribution in [-0.4, -0.2) is 35.3 Å². The first-order valence-corrected chi connectivity index (χ1v) is 6.48. The van der Waals surface area contributed by atoms with Crippen LogP contribution in [0.2, 0.25) is 0 Å². The van der Waals surface area contributed by atoms with E-state index in [2.05, 4.69) is 34.4 Å². The summed E-state index contributed by atoms with van der Waals surface area (Å²) in [6, 6.07) is 2.13. The third kappa shape index (κ3) is 4.79. The Bertz CT molecular complexity index is 377. The molecule has 1 rings (SSSR count). The third-order valence-corrected chi connectivity index (χ3v) is 2.82. The predicted octanol–water partition coefficient (Wildman–Crippen LogP) is 2.05. The molecule has 0 unspecified atom stereocenters. The summed E-state index contributed by atoms with van der Waals surface area (Å²) in [6.07, 6.45) is 4.46. The summed E-state index contributed by atoms with van der Waals surface area (Å²) in [4.78, 5) is 8.31. The average Bonchev–Trinajstić information content (AvgIpc) is 2.39. The first-order valence-electron chi connectivity index (χ1n) is 6.48. The van der Waals surface area contributed by atoms with Gasteiger partial charge in [-0.3, -0.25) is 0 Å². The first-order chi connectivity index (χ1) is 8.67. The topological polar surface area (TPSA) is 73.7 Å². The third-order valence-electron chi connectivity index (χ3n) is 2.82. The molecule has 0 saturated heterocycles. The standard InChI is InChI=1S/C13H23N5/c1-4-5-6-16-13-8-12(17-9-18-13)11(14)7-10(2)15-3/h8-10,14-15H,4-7H2,1-3H3,(H,16,17,18)/t10-/m1/s1. The molecule has 3 N–H and O–H groups in total. The zero-order valence-electron chi connectivity index (χ0n) is 11.5. The second kappa shape index (κ2) is 7.76. The summed E-state index contributed by atoms with van der Waals surface area (Å²) in [5.74, 6) is 0.801. The molecule has 100 valence electrons. The van der Waals surface area contributed by atoms with Crippen molar-refractivity contribution < 1.29 is 0 Å². The molecule has 5 heteroatoms. The van der Waals surface area contributed by atoms with E-state index >= 15 is 0 Å². The number of anilines is 1. The SMILES string of the molecule is CCCCNc1cc(C(=N)C[C@@H](C)NC)ncn1. The molecule has 5 nitrogen and oxygen atoms in total. The van der Waals surface area contributed by atoms with Crippen LogP contribution in [0.15, 0.2) is 12.4 Å². The van der Waals surface area contributed by atoms with E-state index in [1.165, 1.54) is 6.33 Å². The molecule has 0 aromatic carbocycles. The Balaban J connectivity index is 2.60. The lowest BCUT2D eigenvalue weighted by Gasteiger charge is -2.11. The maximum absolute atomic E-state index is 8.02. The Morgan fingerprint density at radius 1 is 1.44 bits per heavy atom. The van der Waals surface area contributed by atoms with E-state index in [1.54, 1.807) is 0 Å². The number of aromatic nitrogens is 2. The lowest BCUT2D eigenvalue weighted by molar-refractivity contribution is 0.632. The van der Waals surface area contributed by atoms with Crippen molar-refractivity contribution in [1.82, 2.24) is 15.3 Å². The van der Waals surface area contributed by atoms with Gasteiger partial charge in [0.25, 0.3) is 0 Å². The normalized spacial score (nSPS) is 12.2. The summed E-state index contributed by atoms with van der Waals surface area (Å²) in [6.45, 7) is 5.12. The van der Waals surface area contributed by atoms with E-state index in [0.717, 1.165) is 25.2 Å². The zero-order chi connectivity index (χ0) is 13.4. The number of unbranched alkanes of at least 4 members (excludes halogenated alkanes) is 1. The van der Waals surface area contributed by atoms with Crippen LogP contribution in [-0.2, 0) is 0 Å². The van der Waals surface area contributed by atoms with Gasteiger partial charge in [-0.2, -0.15) is 0 Å². The summed E-state index contributed by atoms with van der Waals surface area (Å²) < 4.78 is 0. The Hall–Kier alpha value is -1.49. The quantitative estimate of drug-likeness (QED) is 0.487. The Morgan fingerprint density at radius 3 is 2.89 bits per heavy atom. The van der Waals surface area contributed by atoms with Gasteiger partial charge in [0.2, 0.25) is 0 Å².